The molecule has 9 heteroatoms. The van der Waals surface area contributed by atoms with E-state index in [1.807, 2.05) is 19.9 Å². The molecular formula is C26H24ClN3O5. The lowest BCUT2D eigenvalue weighted by molar-refractivity contribution is -0.00596. The van der Waals surface area contributed by atoms with Crippen LogP contribution < -0.4 is 10.3 Å². The second kappa shape index (κ2) is 8.53. The number of hydrogen-bond donors (Lipinski definition) is 1. The average molecular weight is 494 g/mol. The van der Waals surface area contributed by atoms with E-state index in [9.17, 15) is 19.5 Å². The van der Waals surface area contributed by atoms with Gasteiger partial charge in [-0.15, -0.1) is 0 Å². The van der Waals surface area contributed by atoms with Crippen molar-refractivity contribution in [3.05, 3.63) is 80.2 Å². The first-order valence-corrected chi connectivity index (χ1v) is 11.8. The summed E-state index contributed by atoms with van der Waals surface area (Å²) in [6, 6.07) is 11.6. The number of ketones is 1. The molecule has 3 heterocycles. The van der Waals surface area contributed by atoms with E-state index in [-0.39, 0.29) is 17.9 Å². The van der Waals surface area contributed by atoms with Gasteiger partial charge in [-0.2, -0.15) is 9.78 Å². The number of amides is 1. The molecule has 2 aliphatic heterocycles. The molecule has 1 fully saturated rings. The Morgan fingerprint density at radius 3 is 2.57 bits per heavy atom. The molecule has 1 spiro atoms. The number of halogens is 1. The number of likely N-dealkylation sites (tertiary alicyclic amines) is 1. The van der Waals surface area contributed by atoms with Crippen LogP contribution in [0.15, 0.2) is 47.3 Å². The van der Waals surface area contributed by atoms with Crippen LogP contribution in [0.4, 0.5) is 0 Å². The Bertz CT molecular complexity index is 1420. The molecule has 35 heavy (non-hydrogen) atoms. The van der Waals surface area contributed by atoms with Crippen LogP contribution in [0.25, 0.3) is 5.69 Å². The molecular weight excluding hydrogens is 470 g/mol. The molecule has 0 radical (unpaired) electrons. The average Bonchev–Trinajstić information content (AvgIpc) is 2.81. The number of Topliss-reactive ketones (excluding diaryl/α,β-unsaturated/α-hetero) is 1. The van der Waals surface area contributed by atoms with Gasteiger partial charge in [0.2, 0.25) is 0 Å². The number of aromatic nitrogens is 2. The Balaban J connectivity index is 1.37. The fourth-order valence-electron chi connectivity index (χ4n) is 4.70. The molecule has 0 aliphatic carbocycles. The van der Waals surface area contributed by atoms with E-state index >= 15 is 0 Å². The minimum Gasteiger partial charge on any atom is -0.505 e. The minimum absolute atomic E-state index is 0.0301. The van der Waals surface area contributed by atoms with Crippen molar-refractivity contribution in [2.75, 3.05) is 13.1 Å². The van der Waals surface area contributed by atoms with Gasteiger partial charge in [-0.3, -0.25) is 14.4 Å². The van der Waals surface area contributed by atoms with Gasteiger partial charge < -0.3 is 14.7 Å². The number of nitrogens with zero attached hydrogens (tertiary/aromatic N) is 3. The van der Waals surface area contributed by atoms with Crippen molar-refractivity contribution in [1.82, 2.24) is 14.7 Å². The standard InChI is InChI=1S/C26H24ClN3O5/c1-15-4-3-5-17(10-15)30-23(33)13-20(31)24(28-30)25(34)29-8-6-26(7-9-29)14-21(32)18-12-19(27)16(2)11-22(18)35-26/h3-5,10-13,31H,6-9,14H2,1-2H3. The Hall–Kier alpha value is -3.65. The Labute approximate surface area is 206 Å². The Morgan fingerprint density at radius 1 is 1.11 bits per heavy atom. The van der Waals surface area contributed by atoms with Crippen LogP contribution in [-0.2, 0) is 0 Å². The molecule has 0 unspecified atom stereocenters. The highest BCUT2D eigenvalue weighted by Gasteiger charge is 2.44. The lowest BCUT2D eigenvalue weighted by Crippen LogP contribution is -2.52. The van der Waals surface area contributed by atoms with Crippen molar-refractivity contribution in [1.29, 1.82) is 0 Å². The maximum atomic E-state index is 13.3. The first-order valence-electron chi connectivity index (χ1n) is 11.4. The molecule has 5 rings (SSSR count). The molecule has 1 aromatic heterocycles. The molecule has 0 saturated carbocycles. The van der Waals surface area contributed by atoms with Crippen LogP contribution in [0.5, 0.6) is 11.5 Å². The molecule has 2 aliphatic rings. The molecule has 3 aromatic rings. The maximum absolute atomic E-state index is 13.3. The number of benzene rings is 2. The van der Waals surface area contributed by atoms with Crippen molar-refractivity contribution in [2.45, 2.75) is 38.7 Å². The Morgan fingerprint density at radius 2 is 1.86 bits per heavy atom. The van der Waals surface area contributed by atoms with Crippen molar-refractivity contribution >= 4 is 23.3 Å². The van der Waals surface area contributed by atoms with Gasteiger partial charge in [0.25, 0.3) is 11.5 Å². The number of fused-ring (bicyclic) bond motifs is 1. The molecule has 0 bridgehead atoms. The highest BCUT2D eigenvalue weighted by molar-refractivity contribution is 6.31. The number of ether oxygens (including phenoxy) is 1. The number of aryl methyl sites for hydroxylation is 2. The van der Waals surface area contributed by atoms with Crippen molar-refractivity contribution < 1.29 is 19.4 Å². The zero-order valence-electron chi connectivity index (χ0n) is 19.4. The lowest BCUT2D eigenvalue weighted by Gasteiger charge is -2.44. The summed E-state index contributed by atoms with van der Waals surface area (Å²) in [5.74, 6) is -0.455. The third-order valence-electron chi connectivity index (χ3n) is 6.69. The Kier molecular flexibility index (Phi) is 5.63. The molecule has 0 atom stereocenters. The van der Waals surface area contributed by atoms with Gasteiger partial charge in [-0.25, -0.2) is 0 Å². The first kappa shape index (κ1) is 23.1. The van der Waals surface area contributed by atoms with Crippen LogP contribution in [0.2, 0.25) is 5.02 Å². The van der Waals surface area contributed by atoms with Gasteiger partial charge in [-0.05, 0) is 49.2 Å². The molecule has 1 saturated heterocycles. The van der Waals surface area contributed by atoms with Gasteiger partial charge in [0.05, 0.1) is 17.7 Å². The van der Waals surface area contributed by atoms with Crippen LogP contribution >= 0.6 is 11.6 Å². The third-order valence-corrected chi connectivity index (χ3v) is 7.10. The normalized spacial score (nSPS) is 16.7. The minimum atomic E-state index is -0.697. The zero-order valence-corrected chi connectivity index (χ0v) is 20.1. The van der Waals surface area contributed by atoms with Crippen LogP contribution in [0.1, 0.15) is 51.2 Å². The molecule has 180 valence electrons. The summed E-state index contributed by atoms with van der Waals surface area (Å²) in [5, 5.41) is 15.1. The van der Waals surface area contributed by atoms with E-state index in [0.29, 0.717) is 48.0 Å². The van der Waals surface area contributed by atoms with Crippen molar-refractivity contribution in [2.24, 2.45) is 0 Å². The second-order valence-corrected chi connectivity index (χ2v) is 9.65. The number of aromatic hydroxyl groups is 1. The van der Waals surface area contributed by atoms with E-state index in [1.54, 1.807) is 35.2 Å². The van der Waals surface area contributed by atoms with Gasteiger partial charge in [-0.1, -0.05) is 23.7 Å². The number of carbonyl (C=O) groups is 2. The van der Waals surface area contributed by atoms with Crippen molar-refractivity contribution in [3.8, 4) is 17.2 Å². The summed E-state index contributed by atoms with van der Waals surface area (Å²) >= 11 is 6.18. The van der Waals surface area contributed by atoms with E-state index in [4.69, 9.17) is 16.3 Å². The molecule has 2 aromatic carbocycles. The smallest absolute Gasteiger partial charge is 0.278 e. The highest BCUT2D eigenvalue weighted by Crippen LogP contribution is 2.41. The summed E-state index contributed by atoms with van der Waals surface area (Å²) in [7, 11) is 0. The summed E-state index contributed by atoms with van der Waals surface area (Å²) in [6.45, 7) is 4.38. The van der Waals surface area contributed by atoms with Gasteiger partial charge in [0.1, 0.15) is 11.4 Å². The van der Waals surface area contributed by atoms with Crippen molar-refractivity contribution in [3.63, 3.8) is 0 Å². The molecule has 1 amide bonds. The third kappa shape index (κ3) is 4.18. The summed E-state index contributed by atoms with van der Waals surface area (Å²) in [6.07, 6.45) is 1.11. The fraction of sp³-hybridized carbons (Fsp3) is 0.308. The quantitative estimate of drug-likeness (QED) is 0.582. The van der Waals surface area contributed by atoms with E-state index < -0.39 is 22.8 Å². The fourth-order valence-corrected chi connectivity index (χ4v) is 4.87. The maximum Gasteiger partial charge on any atom is 0.278 e. The van der Waals surface area contributed by atoms with Crippen LogP contribution in [-0.4, -0.2) is 50.2 Å². The number of rotatable bonds is 2. The van der Waals surface area contributed by atoms with Gasteiger partial charge in [0.15, 0.2) is 17.2 Å². The predicted octanol–water partition coefficient (Wildman–Crippen LogP) is 3.85. The SMILES string of the molecule is Cc1cccc(-n2nc(C(=O)N3CCC4(CC3)CC(=O)c3cc(Cl)c(C)cc3O4)c(O)cc2=O)c1. The first-order chi connectivity index (χ1) is 16.7. The molecule has 8 nitrogen and oxygen atoms in total. The number of piperidine rings is 1. The summed E-state index contributed by atoms with van der Waals surface area (Å²) in [4.78, 5) is 40.1. The molecule has 1 N–H and O–H groups in total. The zero-order chi connectivity index (χ0) is 24.9. The lowest BCUT2D eigenvalue weighted by atomic mass is 9.82. The highest BCUT2D eigenvalue weighted by atomic mass is 35.5. The predicted molar refractivity (Wildman–Crippen MR) is 130 cm³/mol. The topological polar surface area (TPSA) is 102 Å². The van der Waals surface area contributed by atoms with E-state index in [2.05, 4.69) is 5.10 Å². The van der Waals surface area contributed by atoms with Crippen LogP contribution in [0, 0.1) is 13.8 Å². The monoisotopic (exact) mass is 493 g/mol. The number of carbonyl (C=O) groups excluding carboxylic acids is 2. The summed E-state index contributed by atoms with van der Waals surface area (Å²) < 4.78 is 7.41. The van der Waals surface area contributed by atoms with Crippen LogP contribution in [0.3, 0.4) is 0 Å². The van der Waals surface area contributed by atoms with E-state index in [1.165, 1.54) is 0 Å². The summed E-state index contributed by atoms with van der Waals surface area (Å²) in [5.41, 5.74) is 1.32. The second-order valence-electron chi connectivity index (χ2n) is 9.24. The number of hydrogen-bond acceptors (Lipinski definition) is 6. The largest absolute Gasteiger partial charge is 0.505 e. The van der Waals surface area contributed by atoms with Gasteiger partial charge in [0, 0.05) is 37.0 Å². The van der Waals surface area contributed by atoms with E-state index in [0.717, 1.165) is 21.9 Å². The van der Waals surface area contributed by atoms with Gasteiger partial charge >= 0.3 is 0 Å².